The Morgan fingerprint density at radius 1 is 0.641 bits per heavy atom. The molecule has 0 unspecified atom stereocenters. The first-order valence-electron chi connectivity index (χ1n) is 25.9. The molecule has 2 aliphatic rings. The van der Waals surface area contributed by atoms with Gasteiger partial charge in [0.1, 0.15) is 0 Å². The smallest absolute Gasteiger partial charge is 0.162 e. The van der Waals surface area contributed by atoms with Crippen LogP contribution in [0.2, 0.25) is 0 Å². The summed E-state index contributed by atoms with van der Waals surface area (Å²) in [5, 5.41) is 13.3. The molecule has 0 amide bonds. The number of allylic oxidation sites excluding steroid dienone is 2. The molecule has 2 saturated carbocycles. The number of rotatable bonds is 11. The molecule has 64 heavy (non-hydrogen) atoms. The molecular formula is C59H72IrN2O2-2. The summed E-state index contributed by atoms with van der Waals surface area (Å²) in [4.78, 5) is 20.6. The SMILES string of the molecule is CCC(CC)C(=O)/C=C(\O)C(CC)CC.[2H]c1nc(-c2[c-]c(C)cc(C)c2)c2ccc(C3CCCCC3)cc2c1[2H].[2H]c1nc(-c2[c-]c(C)cc(C)c2)c2ccc(C3CCCCC3)cc2c1[2H].[Ir]. The van der Waals surface area contributed by atoms with Crippen LogP contribution in [-0.4, -0.2) is 20.9 Å². The van der Waals surface area contributed by atoms with Gasteiger partial charge in [-0.05, 0) is 119 Å². The van der Waals surface area contributed by atoms with E-state index in [0.717, 1.165) is 92.0 Å². The summed E-state index contributed by atoms with van der Waals surface area (Å²) in [6, 6.07) is 28.4. The zero-order chi connectivity index (χ0) is 48.4. The van der Waals surface area contributed by atoms with Crippen molar-refractivity contribution in [1.29, 1.82) is 0 Å². The fraction of sp³-hybridized carbons (Fsp3) is 0.441. The van der Waals surface area contributed by atoms with Crippen molar-refractivity contribution in [2.75, 3.05) is 0 Å². The van der Waals surface area contributed by atoms with E-state index in [-0.39, 0.29) is 67.9 Å². The average molecular weight is 1040 g/mol. The van der Waals surface area contributed by atoms with E-state index in [1.807, 2.05) is 41.5 Å². The van der Waals surface area contributed by atoms with E-state index in [9.17, 15) is 9.90 Å². The maximum Gasteiger partial charge on any atom is 0.162 e. The predicted molar refractivity (Wildman–Crippen MR) is 266 cm³/mol. The van der Waals surface area contributed by atoms with Gasteiger partial charge in [0.25, 0.3) is 0 Å². The number of ketones is 1. The van der Waals surface area contributed by atoms with E-state index in [1.54, 1.807) is 0 Å². The molecule has 1 radical (unpaired) electrons. The summed E-state index contributed by atoms with van der Waals surface area (Å²) in [5.74, 6) is 1.73. The molecule has 1 N–H and O–H groups in total. The maximum atomic E-state index is 11.7. The van der Waals surface area contributed by atoms with Crippen molar-refractivity contribution >= 4 is 27.3 Å². The molecule has 2 aliphatic carbocycles. The van der Waals surface area contributed by atoms with Crippen LogP contribution < -0.4 is 0 Å². The predicted octanol–water partition coefficient (Wildman–Crippen LogP) is 16.6. The number of nitrogens with zero attached hydrogens (tertiary/aromatic N) is 2. The summed E-state index contributed by atoms with van der Waals surface area (Å²) in [6.07, 6.45) is 17.8. The summed E-state index contributed by atoms with van der Waals surface area (Å²) >= 11 is 0. The summed E-state index contributed by atoms with van der Waals surface area (Å²) in [6.45, 7) is 16.3. The number of aliphatic hydroxyl groups excluding tert-OH is 1. The van der Waals surface area contributed by atoms with Crippen LogP contribution >= 0.6 is 0 Å². The fourth-order valence-electron chi connectivity index (χ4n) is 9.77. The summed E-state index contributed by atoms with van der Waals surface area (Å²) in [5.41, 5.74) is 10.4. The van der Waals surface area contributed by atoms with Gasteiger partial charge in [0.2, 0.25) is 0 Å². The van der Waals surface area contributed by atoms with Crippen LogP contribution in [0.3, 0.4) is 0 Å². The van der Waals surface area contributed by atoms with Gasteiger partial charge in [0, 0.05) is 50.4 Å². The number of carbonyl (C=O) groups is 1. The standard InChI is InChI=1S/2C23H24N.C13H24O2.Ir/c2*1-16-12-17(2)14-21(13-16)23-22-9-8-19(15-20(22)10-11-24-23)18-6-4-3-5-7-18;1-5-10(6-2)12(14)9-13(15)11(7-3)8-4;/h2*8-13,15,18H,3-7H2,1-2H3;9-11,14H,5-8H2,1-4H3;/q2*-1;;/b;;12-9-;/i2*10D,11D;;. The van der Waals surface area contributed by atoms with Gasteiger partial charge >= 0.3 is 0 Å². The summed E-state index contributed by atoms with van der Waals surface area (Å²) < 4.78 is 33.2. The topological polar surface area (TPSA) is 63.1 Å². The van der Waals surface area contributed by atoms with Crippen LogP contribution in [0.5, 0.6) is 0 Å². The number of aliphatic hydroxyl groups is 1. The second-order valence-electron chi connectivity index (χ2n) is 18.2. The van der Waals surface area contributed by atoms with E-state index in [4.69, 9.17) is 5.48 Å². The number of pyridine rings is 2. The Hall–Kier alpha value is -4.44. The molecule has 0 saturated heterocycles. The average Bonchev–Trinajstić information content (AvgIpc) is 3.32. The van der Waals surface area contributed by atoms with Gasteiger partial charge in [-0.1, -0.05) is 130 Å². The van der Waals surface area contributed by atoms with Crippen molar-refractivity contribution in [1.82, 2.24) is 9.97 Å². The largest absolute Gasteiger partial charge is 0.512 e. The first-order valence-corrected chi connectivity index (χ1v) is 23.9. The number of aromatic nitrogens is 2. The Kier molecular flexibility index (Phi) is 17.3. The normalized spacial score (nSPS) is 15.6. The zero-order valence-electron chi connectivity index (χ0n) is 43.6. The van der Waals surface area contributed by atoms with Crippen LogP contribution in [0.4, 0.5) is 0 Å². The van der Waals surface area contributed by atoms with Gasteiger partial charge in [-0.3, -0.25) is 4.79 Å². The van der Waals surface area contributed by atoms with Crippen LogP contribution in [0.1, 0.15) is 168 Å². The maximum absolute atomic E-state index is 11.7. The van der Waals surface area contributed by atoms with Crippen molar-refractivity contribution in [2.45, 2.75) is 157 Å². The van der Waals surface area contributed by atoms with E-state index in [0.29, 0.717) is 11.8 Å². The molecule has 0 aliphatic heterocycles. The van der Waals surface area contributed by atoms with Gasteiger partial charge in [-0.2, -0.15) is 0 Å². The van der Waals surface area contributed by atoms with Crippen molar-refractivity contribution in [3.63, 3.8) is 0 Å². The quantitative estimate of drug-likeness (QED) is 0.0798. The molecule has 4 nitrogen and oxygen atoms in total. The third-order valence-corrected chi connectivity index (χ3v) is 13.4. The molecule has 4 aromatic carbocycles. The van der Waals surface area contributed by atoms with E-state index >= 15 is 0 Å². The second-order valence-corrected chi connectivity index (χ2v) is 18.2. The molecule has 2 aromatic heterocycles. The molecular weight excluding hydrogens is 961 g/mol. The molecule has 8 rings (SSSR count). The van der Waals surface area contributed by atoms with Gasteiger partial charge in [-0.25, -0.2) is 0 Å². The Bertz CT molecular complexity index is 2490. The first-order chi connectivity index (χ1) is 32.1. The molecule has 5 heteroatoms. The minimum atomic E-state index is 0. The van der Waals surface area contributed by atoms with Crippen LogP contribution in [0.25, 0.3) is 44.1 Å². The van der Waals surface area contributed by atoms with Gasteiger partial charge in [-0.15, -0.1) is 69.8 Å². The van der Waals surface area contributed by atoms with Crippen LogP contribution in [0, 0.1) is 51.7 Å². The number of hydrogen-bond donors (Lipinski definition) is 1. The van der Waals surface area contributed by atoms with Gasteiger partial charge in [0.15, 0.2) is 5.78 Å². The number of benzene rings is 4. The third kappa shape index (κ3) is 13.3. The monoisotopic (exact) mass is 1040 g/mol. The molecule has 6 aromatic rings. The van der Waals surface area contributed by atoms with Crippen LogP contribution in [-0.2, 0) is 24.9 Å². The Morgan fingerprint density at radius 3 is 1.42 bits per heavy atom. The van der Waals surface area contributed by atoms with Crippen molar-refractivity contribution in [3.05, 3.63) is 142 Å². The Labute approximate surface area is 404 Å². The zero-order valence-corrected chi connectivity index (χ0v) is 42.0. The molecule has 0 bridgehead atoms. The summed E-state index contributed by atoms with van der Waals surface area (Å²) in [7, 11) is 0. The van der Waals surface area contributed by atoms with Gasteiger partial charge < -0.3 is 15.1 Å². The van der Waals surface area contributed by atoms with Crippen molar-refractivity contribution in [2.24, 2.45) is 11.8 Å². The second kappa shape index (κ2) is 24.7. The van der Waals surface area contributed by atoms with E-state index in [1.165, 1.54) is 81.4 Å². The molecule has 0 atom stereocenters. The molecule has 2 fully saturated rings. The number of fused-ring (bicyclic) bond motifs is 2. The minimum Gasteiger partial charge on any atom is -0.512 e. The first kappa shape index (κ1) is 44.7. The van der Waals surface area contributed by atoms with Gasteiger partial charge in [0.05, 0.1) is 11.2 Å². The van der Waals surface area contributed by atoms with E-state index in [2.05, 4.69) is 96.6 Å². The molecule has 0 spiro atoms. The Balaban J connectivity index is 0.000000197. The van der Waals surface area contributed by atoms with E-state index < -0.39 is 0 Å². The molecule has 2 heterocycles. The van der Waals surface area contributed by atoms with Crippen LogP contribution in [0.15, 0.2) is 96.9 Å². The minimum absolute atomic E-state index is 0. The fourth-order valence-corrected chi connectivity index (χ4v) is 9.77. The van der Waals surface area contributed by atoms with Crippen molar-refractivity contribution in [3.8, 4) is 22.5 Å². The Morgan fingerprint density at radius 2 is 1.05 bits per heavy atom. The number of carbonyl (C=O) groups excluding carboxylic acids is 1. The number of aryl methyl sites for hydroxylation is 4. The number of hydrogen-bond acceptors (Lipinski definition) is 4. The van der Waals surface area contributed by atoms with Crippen molar-refractivity contribution < 1.29 is 35.5 Å². The third-order valence-electron chi connectivity index (χ3n) is 13.4. The molecule has 341 valence electrons.